The van der Waals surface area contributed by atoms with Gasteiger partial charge in [-0.05, 0) is 61.4 Å². The lowest BCUT2D eigenvalue weighted by Crippen LogP contribution is -2.27. The molecule has 1 unspecified atom stereocenters. The van der Waals surface area contributed by atoms with Crippen LogP contribution in [-0.4, -0.2) is 34.4 Å². The fraction of sp³-hybridized carbons (Fsp3) is 0.500. The van der Waals surface area contributed by atoms with E-state index in [0.717, 1.165) is 54.9 Å². The number of hydrogen-bond acceptors (Lipinski definition) is 8. The molecule has 1 amide bonds. The number of anilines is 1. The highest BCUT2D eigenvalue weighted by molar-refractivity contribution is 7.92. The molecule has 1 aliphatic heterocycles. The van der Waals surface area contributed by atoms with Crippen molar-refractivity contribution in [2.45, 2.75) is 95.0 Å². The van der Waals surface area contributed by atoms with Crippen molar-refractivity contribution in [2.24, 2.45) is 11.8 Å². The van der Waals surface area contributed by atoms with Crippen LogP contribution in [0.1, 0.15) is 92.7 Å². The maximum Gasteiger partial charge on any atom is 0.232 e. The minimum Gasteiger partial charge on any atom is -0.302 e. The summed E-state index contributed by atoms with van der Waals surface area (Å²) in [4.78, 5) is 25.8. The summed E-state index contributed by atoms with van der Waals surface area (Å²) in [6, 6.07) is 13.2. The first-order chi connectivity index (χ1) is 20.2. The predicted molar refractivity (Wildman–Crippen MR) is 165 cm³/mol. The van der Waals surface area contributed by atoms with Crippen LogP contribution in [-0.2, 0) is 34.1 Å². The molecule has 3 heterocycles. The quantitative estimate of drug-likeness (QED) is 0.279. The first-order valence-corrected chi connectivity index (χ1v) is 17.2. The molecule has 1 saturated carbocycles. The topological polar surface area (TPSA) is 116 Å². The maximum atomic E-state index is 13.3. The summed E-state index contributed by atoms with van der Waals surface area (Å²) in [5.74, 6) is 0.286. The Morgan fingerprint density at radius 2 is 1.81 bits per heavy atom. The van der Waals surface area contributed by atoms with E-state index in [1.54, 1.807) is 12.1 Å². The van der Waals surface area contributed by atoms with Crippen LogP contribution in [0, 0.1) is 23.2 Å². The number of rotatable bonds is 9. The Balaban J connectivity index is 1.20. The van der Waals surface area contributed by atoms with Gasteiger partial charge in [0.25, 0.3) is 0 Å². The molecule has 1 aromatic carbocycles. The van der Waals surface area contributed by atoms with Gasteiger partial charge in [0.1, 0.15) is 0 Å². The van der Waals surface area contributed by atoms with Crippen LogP contribution in [0.4, 0.5) is 5.13 Å². The fourth-order valence-electron chi connectivity index (χ4n) is 6.29. The third-order valence-electron chi connectivity index (χ3n) is 8.62. The number of nitrogens with zero attached hydrogens (tertiary/aromatic N) is 4. The van der Waals surface area contributed by atoms with Gasteiger partial charge in [-0.2, -0.15) is 5.26 Å². The second-order valence-corrected chi connectivity index (χ2v) is 15.3. The lowest BCUT2D eigenvalue weighted by Gasteiger charge is -2.27. The molecule has 0 saturated heterocycles. The molecule has 3 aromatic rings. The number of benzene rings is 1. The standard InChI is InChI=1S/C32H39N5O3S2/c1-21(2)31-30-28(20-37(31)19-24-12-10-23(17-33)11-13-24)41-32(36-30)35-29(38)16-26-14-15-27(18-34-26)42(39,40)22(3)25-8-6-4-5-7-9-25/h10-15,18,21-22,25,31H,4-9,16,19-20H2,1-3H3,(H,35,36,38)/t22?,31-/m0/s1. The van der Waals surface area contributed by atoms with E-state index in [4.69, 9.17) is 10.2 Å². The number of fused-ring (bicyclic) bond motifs is 1. The zero-order valence-corrected chi connectivity index (χ0v) is 26.2. The molecule has 1 aliphatic carbocycles. The Bertz CT molecular complexity index is 1530. The summed E-state index contributed by atoms with van der Waals surface area (Å²) in [6.45, 7) is 7.69. The lowest BCUT2D eigenvalue weighted by atomic mass is 9.97. The minimum atomic E-state index is -3.48. The van der Waals surface area contributed by atoms with E-state index in [2.05, 4.69) is 35.1 Å². The molecule has 1 fully saturated rings. The van der Waals surface area contributed by atoms with E-state index >= 15 is 0 Å². The molecule has 8 nitrogen and oxygen atoms in total. The van der Waals surface area contributed by atoms with Gasteiger partial charge in [-0.15, -0.1) is 11.3 Å². The van der Waals surface area contributed by atoms with Gasteiger partial charge in [-0.3, -0.25) is 14.7 Å². The Labute approximate surface area is 253 Å². The molecule has 0 radical (unpaired) electrons. The number of nitriles is 1. The molecular weight excluding hydrogens is 567 g/mol. The Morgan fingerprint density at radius 3 is 2.43 bits per heavy atom. The van der Waals surface area contributed by atoms with E-state index in [0.29, 0.717) is 22.3 Å². The molecule has 0 spiro atoms. The number of nitrogens with one attached hydrogen (secondary N) is 1. The molecule has 1 N–H and O–H groups in total. The van der Waals surface area contributed by atoms with Crippen molar-refractivity contribution in [3.63, 3.8) is 0 Å². The van der Waals surface area contributed by atoms with E-state index < -0.39 is 15.1 Å². The number of pyridine rings is 1. The SMILES string of the molecule is CC(C)[C@H]1c2nc(NC(=O)Cc3ccc(S(=O)(=O)C(C)C4CCCCCC4)cn3)sc2CN1Cc1ccc(C#N)cc1. The molecule has 2 atom stereocenters. The van der Waals surface area contributed by atoms with Crippen molar-refractivity contribution < 1.29 is 13.2 Å². The van der Waals surface area contributed by atoms with Crippen LogP contribution in [0.5, 0.6) is 0 Å². The average Bonchev–Trinajstić information content (AvgIpc) is 3.35. The molecule has 10 heteroatoms. The number of carbonyl (C=O) groups excluding carboxylic acids is 1. The van der Waals surface area contributed by atoms with Gasteiger partial charge in [-0.25, -0.2) is 13.4 Å². The minimum absolute atomic E-state index is 0.0428. The van der Waals surface area contributed by atoms with Crippen LogP contribution in [0.15, 0.2) is 47.5 Å². The normalized spacial score (nSPS) is 18.8. The van der Waals surface area contributed by atoms with Crippen LogP contribution < -0.4 is 5.32 Å². The number of amides is 1. The molecule has 2 aromatic heterocycles. The number of aromatic nitrogens is 2. The third-order valence-corrected chi connectivity index (χ3v) is 11.8. The lowest BCUT2D eigenvalue weighted by molar-refractivity contribution is -0.115. The third kappa shape index (κ3) is 6.74. The summed E-state index contributed by atoms with van der Waals surface area (Å²) < 4.78 is 26.5. The summed E-state index contributed by atoms with van der Waals surface area (Å²) in [5, 5.41) is 12.1. The van der Waals surface area contributed by atoms with Gasteiger partial charge in [-0.1, -0.05) is 51.7 Å². The van der Waals surface area contributed by atoms with Crippen molar-refractivity contribution in [1.82, 2.24) is 14.9 Å². The number of thiazole rings is 1. The highest BCUT2D eigenvalue weighted by atomic mass is 32.2. The number of hydrogen-bond donors (Lipinski definition) is 1. The molecule has 5 rings (SSSR count). The van der Waals surface area contributed by atoms with Crippen LogP contribution in [0.2, 0.25) is 0 Å². The number of carbonyl (C=O) groups is 1. The van der Waals surface area contributed by atoms with Crippen molar-refractivity contribution >= 4 is 32.2 Å². The van der Waals surface area contributed by atoms with E-state index in [1.165, 1.54) is 30.4 Å². The van der Waals surface area contributed by atoms with Crippen LogP contribution >= 0.6 is 11.3 Å². The van der Waals surface area contributed by atoms with Gasteiger partial charge in [0.2, 0.25) is 5.91 Å². The first kappa shape index (κ1) is 30.3. The molecule has 222 valence electrons. The predicted octanol–water partition coefficient (Wildman–Crippen LogP) is 6.44. The molecular formula is C32H39N5O3S2. The summed E-state index contributed by atoms with van der Waals surface area (Å²) >= 11 is 1.50. The van der Waals surface area contributed by atoms with Crippen LogP contribution in [0.3, 0.4) is 0 Å². The molecule has 42 heavy (non-hydrogen) atoms. The fourth-order valence-corrected chi connectivity index (χ4v) is 9.00. The summed E-state index contributed by atoms with van der Waals surface area (Å²) in [6.07, 6.45) is 7.91. The molecule has 2 aliphatic rings. The first-order valence-electron chi connectivity index (χ1n) is 14.9. The second-order valence-electron chi connectivity index (χ2n) is 11.9. The van der Waals surface area contributed by atoms with Gasteiger partial charge in [0.05, 0.1) is 39.9 Å². The van der Waals surface area contributed by atoms with Crippen molar-refractivity contribution in [3.8, 4) is 6.07 Å². The van der Waals surface area contributed by atoms with E-state index in [1.807, 2.05) is 31.2 Å². The number of sulfone groups is 1. The summed E-state index contributed by atoms with van der Waals surface area (Å²) in [7, 11) is -3.48. The Kier molecular flexibility index (Phi) is 9.41. The van der Waals surface area contributed by atoms with Crippen molar-refractivity contribution in [2.75, 3.05) is 5.32 Å². The van der Waals surface area contributed by atoms with Crippen LogP contribution in [0.25, 0.3) is 0 Å². The van der Waals surface area contributed by atoms with E-state index in [9.17, 15) is 13.2 Å². The van der Waals surface area contributed by atoms with Gasteiger partial charge in [0, 0.05) is 29.9 Å². The zero-order chi connectivity index (χ0) is 29.9. The van der Waals surface area contributed by atoms with Gasteiger partial charge < -0.3 is 5.32 Å². The van der Waals surface area contributed by atoms with E-state index in [-0.39, 0.29) is 29.2 Å². The summed E-state index contributed by atoms with van der Waals surface area (Å²) in [5.41, 5.74) is 3.33. The average molecular weight is 606 g/mol. The highest BCUT2D eigenvalue weighted by Crippen LogP contribution is 2.43. The molecule has 0 bridgehead atoms. The van der Waals surface area contributed by atoms with Crippen molar-refractivity contribution in [3.05, 3.63) is 70.0 Å². The monoisotopic (exact) mass is 605 g/mol. The largest absolute Gasteiger partial charge is 0.302 e. The van der Waals surface area contributed by atoms with Crippen molar-refractivity contribution in [1.29, 1.82) is 5.26 Å². The smallest absolute Gasteiger partial charge is 0.232 e. The Hall–Kier alpha value is -3.13. The Morgan fingerprint density at radius 1 is 1.10 bits per heavy atom. The van der Waals surface area contributed by atoms with Gasteiger partial charge in [0.15, 0.2) is 15.0 Å². The maximum absolute atomic E-state index is 13.3. The van der Waals surface area contributed by atoms with Gasteiger partial charge >= 0.3 is 0 Å². The zero-order valence-electron chi connectivity index (χ0n) is 24.5. The second kappa shape index (κ2) is 13.0. The highest BCUT2D eigenvalue weighted by Gasteiger charge is 2.36.